The summed E-state index contributed by atoms with van der Waals surface area (Å²) in [5.41, 5.74) is 2.61. The van der Waals surface area contributed by atoms with Crippen molar-refractivity contribution < 1.29 is 14.4 Å². The molecule has 0 atom stereocenters. The van der Waals surface area contributed by atoms with Crippen LogP contribution in [0.3, 0.4) is 0 Å². The van der Waals surface area contributed by atoms with Crippen molar-refractivity contribution in [2.45, 2.75) is 32.9 Å². The Morgan fingerprint density at radius 1 is 1.07 bits per heavy atom. The number of hydrogen-bond acceptors (Lipinski definition) is 5. The van der Waals surface area contributed by atoms with Crippen LogP contribution in [-0.2, 0) is 13.1 Å². The zero-order chi connectivity index (χ0) is 21.3. The third-order valence-electron chi connectivity index (χ3n) is 4.91. The van der Waals surface area contributed by atoms with Gasteiger partial charge in [-0.3, -0.25) is 19.3 Å². The molecule has 0 spiro atoms. The molecule has 3 amide bonds. The van der Waals surface area contributed by atoms with Crippen LogP contribution >= 0.6 is 11.3 Å². The van der Waals surface area contributed by atoms with Gasteiger partial charge in [0.05, 0.1) is 34.9 Å². The number of nitrogens with zero attached hydrogens (tertiary/aromatic N) is 2. The van der Waals surface area contributed by atoms with E-state index in [-0.39, 0.29) is 29.8 Å². The lowest BCUT2D eigenvalue weighted by Gasteiger charge is -2.13. The largest absolute Gasteiger partial charge is 0.346 e. The number of aromatic nitrogens is 1. The Bertz CT molecular complexity index is 1120. The molecule has 2 heterocycles. The Kier molecular flexibility index (Phi) is 5.46. The van der Waals surface area contributed by atoms with Crippen molar-refractivity contribution in [1.82, 2.24) is 15.2 Å². The number of fused-ring (bicyclic) bond motifs is 1. The molecule has 0 saturated carbocycles. The molecule has 7 heteroatoms. The van der Waals surface area contributed by atoms with Crippen LogP contribution in [0.15, 0.2) is 53.9 Å². The molecule has 2 aromatic carbocycles. The minimum absolute atomic E-state index is 0.205. The molecule has 0 aliphatic carbocycles. The van der Waals surface area contributed by atoms with Gasteiger partial charge in [0.25, 0.3) is 17.7 Å². The molecule has 152 valence electrons. The van der Waals surface area contributed by atoms with Crippen molar-refractivity contribution in [3.63, 3.8) is 0 Å². The van der Waals surface area contributed by atoms with Gasteiger partial charge in [0, 0.05) is 16.9 Å². The van der Waals surface area contributed by atoms with E-state index in [1.807, 2.05) is 35.7 Å². The highest BCUT2D eigenvalue weighted by Crippen LogP contribution is 2.26. The van der Waals surface area contributed by atoms with Crippen molar-refractivity contribution >= 4 is 29.1 Å². The monoisotopic (exact) mass is 419 g/mol. The second-order valence-electron chi connectivity index (χ2n) is 7.46. The van der Waals surface area contributed by atoms with E-state index >= 15 is 0 Å². The molecule has 1 aromatic heterocycles. The van der Waals surface area contributed by atoms with E-state index in [0.29, 0.717) is 23.6 Å². The fourth-order valence-electron chi connectivity index (χ4n) is 3.28. The Morgan fingerprint density at radius 2 is 1.80 bits per heavy atom. The number of thiazole rings is 1. The Balaban J connectivity index is 1.47. The predicted molar refractivity (Wildman–Crippen MR) is 114 cm³/mol. The van der Waals surface area contributed by atoms with Gasteiger partial charge in [-0.2, -0.15) is 0 Å². The molecule has 1 aliphatic rings. The van der Waals surface area contributed by atoms with Gasteiger partial charge in [0.15, 0.2) is 0 Å². The van der Waals surface area contributed by atoms with Gasteiger partial charge >= 0.3 is 0 Å². The molecule has 0 radical (unpaired) electrons. The first-order valence-corrected chi connectivity index (χ1v) is 10.6. The molecule has 4 rings (SSSR count). The van der Waals surface area contributed by atoms with Crippen molar-refractivity contribution in [3.8, 4) is 0 Å². The van der Waals surface area contributed by atoms with E-state index in [1.165, 1.54) is 11.0 Å². The molecule has 3 aromatic rings. The van der Waals surface area contributed by atoms with Gasteiger partial charge in [-0.15, -0.1) is 11.3 Å². The van der Waals surface area contributed by atoms with Crippen LogP contribution in [0.5, 0.6) is 0 Å². The van der Waals surface area contributed by atoms with Crippen LogP contribution in [-0.4, -0.2) is 27.6 Å². The fraction of sp³-hybridized carbons (Fsp3) is 0.217. The van der Waals surface area contributed by atoms with E-state index in [1.54, 1.807) is 23.5 Å². The predicted octanol–water partition coefficient (Wildman–Crippen LogP) is 3.99. The first-order valence-electron chi connectivity index (χ1n) is 9.70. The zero-order valence-electron chi connectivity index (χ0n) is 16.7. The lowest BCUT2D eigenvalue weighted by atomic mass is 10.1. The maximum Gasteiger partial charge on any atom is 0.261 e. The van der Waals surface area contributed by atoms with Crippen LogP contribution in [0, 0.1) is 0 Å². The number of hydrogen-bond donors (Lipinski definition) is 1. The van der Waals surface area contributed by atoms with Crippen LogP contribution in [0.25, 0.3) is 0 Å². The molecule has 1 aliphatic heterocycles. The first-order chi connectivity index (χ1) is 14.4. The lowest BCUT2D eigenvalue weighted by molar-refractivity contribution is 0.0642. The highest BCUT2D eigenvalue weighted by atomic mass is 32.1. The topological polar surface area (TPSA) is 79.4 Å². The number of imide groups is 1. The quantitative estimate of drug-likeness (QED) is 0.613. The second-order valence-corrected chi connectivity index (χ2v) is 8.35. The van der Waals surface area contributed by atoms with Gasteiger partial charge < -0.3 is 5.32 Å². The Morgan fingerprint density at radius 3 is 2.50 bits per heavy atom. The SMILES string of the molecule is CC(C)c1nc(CNC(=O)c2ccc3c(c2)C(=O)N(Cc2ccccc2)C3=O)cs1. The number of rotatable bonds is 6. The summed E-state index contributed by atoms with van der Waals surface area (Å²) in [6.45, 7) is 4.67. The Hall–Kier alpha value is -3.32. The van der Waals surface area contributed by atoms with Gasteiger partial charge in [-0.25, -0.2) is 4.98 Å². The summed E-state index contributed by atoms with van der Waals surface area (Å²) in [5, 5.41) is 5.79. The van der Waals surface area contributed by atoms with E-state index in [9.17, 15) is 14.4 Å². The normalized spacial score (nSPS) is 13.1. The molecule has 6 nitrogen and oxygen atoms in total. The van der Waals surface area contributed by atoms with Crippen molar-refractivity contribution in [3.05, 3.63) is 86.9 Å². The molecule has 0 saturated heterocycles. The molecule has 0 bridgehead atoms. The standard InChI is InChI=1S/C23H21N3O3S/c1-14(2)21-25-17(13-30-21)11-24-20(27)16-8-9-18-19(10-16)23(29)26(22(18)28)12-15-6-4-3-5-7-15/h3-10,13-14H,11-12H2,1-2H3,(H,24,27). The summed E-state index contributed by atoms with van der Waals surface area (Å²) in [5.74, 6) is -0.679. The van der Waals surface area contributed by atoms with Gasteiger partial charge in [-0.05, 0) is 23.8 Å². The third-order valence-corrected chi connectivity index (χ3v) is 6.10. The first kappa shape index (κ1) is 20.0. The molecule has 0 fully saturated rings. The molecule has 30 heavy (non-hydrogen) atoms. The minimum atomic E-state index is -0.380. The van der Waals surface area contributed by atoms with Crippen molar-refractivity contribution in [2.24, 2.45) is 0 Å². The van der Waals surface area contributed by atoms with E-state index in [0.717, 1.165) is 16.3 Å². The Labute approximate surface area is 178 Å². The third kappa shape index (κ3) is 3.89. The summed E-state index contributed by atoms with van der Waals surface area (Å²) in [6.07, 6.45) is 0. The minimum Gasteiger partial charge on any atom is -0.346 e. The van der Waals surface area contributed by atoms with Gasteiger partial charge in [-0.1, -0.05) is 44.2 Å². The van der Waals surface area contributed by atoms with Crippen molar-refractivity contribution in [1.29, 1.82) is 0 Å². The summed E-state index contributed by atoms with van der Waals surface area (Å²) in [4.78, 5) is 43.7. The van der Waals surface area contributed by atoms with Crippen LogP contribution in [0.4, 0.5) is 0 Å². The maximum atomic E-state index is 12.8. The molecular formula is C23H21N3O3S. The summed E-state index contributed by atoms with van der Waals surface area (Å²) >= 11 is 1.57. The summed E-state index contributed by atoms with van der Waals surface area (Å²) in [6, 6.07) is 14.0. The fourth-order valence-corrected chi connectivity index (χ4v) is 4.12. The molecule has 0 unspecified atom stereocenters. The summed E-state index contributed by atoms with van der Waals surface area (Å²) < 4.78 is 0. The molecular weight excluding hydrogens is 398 g/mol. The van der Waals surface area contributed by atoms with Crippen LogP contribution in [0.1, 0.15) is 67.1 Å². The number of amides is 3. The van der Waals surface area contributed by atoms with E-state index < -0.39 is 0 Å². The van der Waals surface area contributed by atoms with Gasteiger partial charge in [0.2, 0.25) is 0 Å². The number of carbonyl (C=O) groups excluding carboxylic acids is 3. The highest BCUT2D eigenvalue weighted by molar-refractivity contribution is 7.09. The highest BCUT2D eigenvalue weighted by Gasteiger charge is 2.35. The second kappa shape index (κ2) is 8.20. The van der Waals surface area contributed by atoms with Crippen molar-refractivity contribution in [2.75, 3.05) is 0 Å². The van der Waals surface area contributed by atoms with Gasteiger partial charge in [0.1, 0.15) is 0 Å². The lowest BCUT2D eigenvalue weighted by Crippen LogP contribution is -2.29. The maximum absolute atomic E-state index is 12.8. The average molecular weight is 420 g/mol. The van der Waals surface area contributed by atoms with Crippen LogP contribution in [0.2, 0.25) is 0 Å². The van der Waals surface area contributed by atoms with Crippen LogP contribution < -0.4 is 5.32 Å². The number of nitrogens with one attached hydrogen (secondary N) is 1. The molecule has 1 N–H and O–H groups in total. The number of benzene rings is 2. The zero-order valence-corrected chi connectivity index (χ0v) is 17.5. The van der Waals surface area contributed by atoms with E-state index in [4.69, 9.17) is 0 Å². The summed E-state index contributed by atoms with van der Waals surface area (Å²) in [7, 11) is 0. The smallest absolute Gasteiger partial charge is 0.261 e. The average Bonchev–Trinajstić information content (AvgIpc) is 3.32. The van der Waals surface area contributed by atoms with E-state index in [2.05, 4.69) is 24.1 Å². The number of carbonyl (C=O) groups is 3.